The normalized spacial score (nSPS) is 29.4. The number of nitrogens with zero attached hydrogens (tertiary/aromatic N) is 1. The van der Waals surface area contributed by atoms with Gasteiger partial charge in [-0.05, 0) is 18.1 Å². The maximum Gasteiger partial charge on any atom is 0.134 e. The number of aliphatic imine (C=N–C) groups is 1. The highest BCUT2D eigenvalue weighted by Gasteiger charge is 2.28. The lowest BCUT2D eigenvalue weighted by molar-refractivity contribution is 0.311. The Morgan fingerprint density at radius 1 is 1.43 bits per heavy atom. The van der Waals surface area contributed by atoms with Crippen LogP contribution in [0.5, 0.6) is 0 Å². The average molecular weight is 192 g/mol. The summed E-state index contributed by atoms with van der Waals surface area (Å²) in [7, 11) is 1.67. The molecule has 0 aromatic carbocycles. The van der Waals surface area contributed by atoms with E-state index in [-0.39, 0.29) is 12.1 Å². The van der Waals surface area contributed by atoms with E-state index in [1.807, 2.05) is 0 Å². The fourth-order valence-electron chi connectivity index (χ4n) is 1.75. The van der Waals surface area contributed by atoms with Gasteiger partial charge in [0.2, 0.25) is 0 Å². The van der Waals surface area contributed by atoms with E-state index in [1.165, 1.54) is 5.70 Å². The van der Waals surface area contributed by atoms with Crippen LogP contribution in [0.15, 0.2) is 28.6 Å². The van der Waals surface area contributed by atoms with Gasteiger partial charge in [0.05, 0.1) is 25.4 Å². The summed E-state index contributed by atoms with van der Waals surface area (Å²) >= 11 is 0. The number of hydrogen-bond acceptors (Lipinski definition) is 3. The summed E-state index contributed by atoms with van der Waals surface area (Å²) in [6, 6.07) is 0.540. The van der Waals surface area contributed by atoms with E-state index in [9.17, 15) is 0 Å². The van der Waals surface area contributed by atoms with Crippen molar-refractivity contribution in [1.29, 1.82) is 0 Å². The molecule has 0 aromatic rings. The molecule has 3 nitrogen and oxygen atoms in total. The zero-order chi connectivity index (χ0) is 10.1. The van der Waals surface area contributed by atoms with E-state index in [0.717, 1.165) is 5.76 Å². The lowest BCUT2D eigenvalue weighted by Gasteiger charge is -2.18. The van der Waals surface area contributed by atoms with Crippen molar-refractivity contribution in [1.82, 2.24) is 5.32 Å². The summed E-state index contributed by atoms with van der Waals surface area (Å²) in [6.45, 7) is 4.36. The molecule has 2 unspecified atom stereocenters. The van der Waals surface area contributed by atoms with Crippen LogP contribution in [0.3, 0.4) is 0 Å². The van der Waals surface area contributed by atoms with Crippen molar-refractivity contribution >= 4 is 6.21 Å². The van der Waals surface area contributed by atoms with Gasteiger partial charge in [-0.15, -0.1) is 0 Å². The molecule has 76 valence electrons. The van der Waals surface area contributed by atoms with Crippen LogP contribution >= 0.6 is 0 Å². The fourth-order valence-corrected chi connectivity index (χ4v) is 1.75. The minimum Gasteiger partial charge on any atom is -0.495 e. The summed E-state index contributed by atoms with van der Waals surface area (Å²) in [5.41, 5.74) is 1.28. The minimum atomic E-state index is 0.256. The van der Waals surface area contributed by atoms with Crippen LogP contribution < -0.4 is 5.32 Å². The Morgan fingerprint density at radius 3 is 2.86 bits per heavy atom. The molecule has 14 heavy (non-hydrogen) atoms. The molecule has 0 aromatic heterocycles. The third-order valence-corrected chi connectivity index (χ3v) is 2.63. The highest BCUT2D eigenvalue weighted by Crippen LogP contribution is 2.23. The van der Waals surface area contributed by atoms with Gasteiger partial charge in [0.15, 0.2) is 0 Å². The van der Waals surface area contributed by atoms with Crippen molar-refractivity contribution in [2.24, 2.45) is 10.9 Å². The maximum absolute atomic E-state index is 5.14. The number of fused-ring (bicyclic) bond motifs is 1. The Kier molecular flexibility index (Phi) is 2.32. The SMILES string of the molecule is COC1=CC2NC(C(C)C)=CC2N=C1. The number of rotatable bonds is 2. The third-order valence-electron chi connectivity index (χ3n) is 2.63. The predicted octanol–water partition coefficient (Wildman–Crippen LogP) is 1.48. The van der Waals surface area contributed by atoms with Gasteiger partial charge in [0, 0.05) is 5.70 Å². The second-order valence-electron chi connectivity index (χ2n) is 3.99. The number of ether oxygens (including phenoxy) is 1. The van der Waals surface area contributed by atoms with Gasteiger partial charge in [0.25, 0.3) is 0 Å². The molecule has 2 aliphatic rings. The van der Waals surface area contributed by atoms with Crippen molar-refractivity contribution in [2.45, 2.75) is 25.9 Å². The molecule has 2 rings (SSSR count). The first-order chi connectivity index (χ1) is 6.70. The molecule has 1 N–H and O–H groups in total. The second-order valence-corrected chi connectivity index (χ2v) is 3.99. The van der Waals surface area contributed by atoms with Gasteiger partial charge in [-0.25, -0.2) is 0 Å². The summed E-state index contributed by atoms with van der Waals surface area (Å²) in [4.78, 5) is 4.42. The van der Waals surface area contributed by atoms with Crippen molar-refractivity contribution in [3.63, 3.8) is 0 Å². The molecule has 0 spiro atoms. The topological polar surface area (TPSA) is 33.6 Å². The average Bonchev–Trinajstić information content (AvgIpc) is 2.59. The molecule has 0 fully saturated rings. The molecule has 0 bridgehead atoms. The van der Waals surface area contributed by atoms with E-state index >= 15 is 0 Å². The maximum atomic E-state index is 5.14. The predicted molar refractivity (Wildman–Crippen MR) is 57.2 cm³/mol. The Labute approximate surface area is 84.6 Å². The van der Waals surface area contributed by atoms with Crippen molar-refractivity contribution in [3.8, 4) is 0 Å². The highest BCUT2D eigenvalue weighted by atomic mass is 16.5. The Bertz CT molecular complexity index is 315. The summed E-state index contributed by atoms with van der Waals surface area (Å²) in [5.74, 6) is 1.38. The Morgan fingerprint density at radius 2 is 2.21 bits per heavy atom. The molecular formula is C11H16N2O. The third kappa shape index (κ3) is 1.54. The van der Waals surface area contributed by atoms with Gasteiger partial charge in [-0.2, -0.15) is 0 Å². The zero-order valence-corrected chi connectivity index (χ0v) is 8.82. The molecule has 3 heteroatoms. The van der Waals surface area contributed by atoms with E-state index in [4.69, 9.17) is 4.74 Å². The molecule has 0 saturated heterocycles. The molecule has 0 amide bonds. The number of dihydropyridines is 1. The van der Waals surface area contributed by atoms with Gasteiger partial charge < -0.3 is 10.1 Å². The quantitative estimate of drug-likeness (QED) is 0.719. The van der Waals surface area contributed by atoms with Crippen LogP contribution in [0.1, 0.15) is 13.8 Å². The van der Waals surface area contributed by atoms with Crippen molar-refractivity contribution < 1.29 is 4.74 Å². The van der Waals surface area contributed by atoms with E-state index in [2.05, 4.69) is 36.3 Å². The molecule has 0 saturated carbocycles. The summed E-state index contributed by atoms with van der Waals surface area (Å²) in [6.07, 6.45) is 6.08. The number of methoxy groups -OCH3 is 1. The van der Waals surface area contributed by atoms with Crippen LogP contribution in [0.2, 0.25) is 0 Å². The first kappa shape index (κ1) is 9.31. The molecule has 0 aliphatic carbocycles. The van der Waals surface area contributed by atoms with Crippen molar-refractivity contribution in [3.05, 3.63) is 23.6 Å². The first-order valence-corrected chi connectivity index (χ1v) is 4.98. The summed E-state index contributed by atoms with van der Waals surface area (Å²) < 4.78 is 5.14. The van der Waals surface area contributed by atoms with E-state index < -0.39 is 0 Å². The Hall–Kier alpha value is -1.25. The molecular weight excluding hydrogens is 176 g/mol. The smallest absolute Gasteiger partial charge is 0.134 e. The lowest BCUT2D eigenvalue weighted by Crippen LogP contribution is -2.32. The van der Waals surface area contributed by atoms with Crippen LogP contribution in [-0.2, 0) is 4.74 Å². The number of allylic oxidation sites excluding steroid dienone is 2. The second kappa shape index (κ2) is 3.48. The fraction of sp³-hybridized carbons (Fsp3) is 0.545. The summed E-state index contributed by atoms with van der Waals surface area (Å²) in [5, 5.41) is 3.45. The van der Waals surface area contributed by atoms with Crippen LogP contribution in [0.4, 0.5) is 0 Å². The molecule has 2 atom stereocenters. The van der Waals surface area contributed by atoms with Gasteiger partial charge in [-0.1, -0.05) is 13.8 Å². The largest absolute Gasteiger partial charge is 0.495 e. The van der Waals surface area contributed by atoms with Crippen LogP contribution in [-0.4, -0.2) is 25.4 Å². The standard InChI is InChI=1S/C11H16N2O/c1-7(2)9-5-10-11(13-9)4-8(14-3)6-12-10/h4-7,10-11,13H,1-3H3. The molecule has 2 aliphatic heterocycles. The first-order valence-electron chi connectivity index (χ1n) is 4.98. The van der Waals surface area contributed by atoms with Gasteiger partial charge >= 0.3 is 0 Å². The lowest BCUT2D eigenvalue weighted by atomic mass is 10.1. The van der Waals surface area contributed by atoms with Crippen LogP contribution in [0, 0.1) is 5.92 Å². The number of hydrogen-bond donors (Lipinski definition) is 1. The van der Waals surface area contributed by atoms with E-state index in [0.29, 0.717) is 5.92 Å². The van der Waals surface area contributed by atoms with Gasteiger partial charge in [0.1, 0.15) is 5.76 Å². The minimum absolute atomic E-state index is 0.256. The molecule has 2 heterocycles. The number of nitrogens with one attached hydrogen (secondary N) is 1. The van der Waals surface area contributed by atoms with Gasteiger partial charge in [-0.3, -0.25) is 4.99 Å². The monoisotopic (exact) mass is 192 g/mol. The van der Waals surface area contributed by atoms with Crippen LogP contribution in [0.25, 0.3) is 0 Å². The Balaban J connectivity index is 2.14. The van der Waals surface area contributed by atoms with Crippen molar-refractivity contribution in [2.75, 3.05) is 7.11 Å². The molecule has 0 radical (unpaired) electrons. The van der Waals surface area contributed by atoms with E-state index in [1.54, 1.807) is 13.3 Å². The zero-order valence-electron chi connectivity index (χ0n) is 8.82. The highest BCUT2D eigenvalue weighted by molar-refractivity contribution is 5.78.